The summed E-state index contributed by atoms with van der Waals surface area (Å²) < 4.78 is 6.05. The number of hydrogen-bond donors (Lipinski definition) is 2. The maximum absolute atomic E-state index is 10.8. The monoisotopic (exact) mass is 400 g/mol. The molecule has 0 aliphatic carbocycles. The molecule has 3 rings (SSSR count). The van der Waals surface area contributed by atoms with Gasteiger partial charge >= 0.3 is 5.97 Å². The number of hydrogen-bond acceptors (Lipinski definition) is 3. The summed E-state index contributed by atoms with van der Waals surface area (Å²) in [5.41, 5.74) is 4.25. The van der Waals surface area contributed by atoms with Crippen LogP contribution in [0.25, 0.3) is 12.2 Å². The molecule has 0 spiro atoms. The van der Waals surface area contributed by atoms with Crippen molar-refractivity contribution in [1.82, 2.24) is 0 Å². The Morgan fingerprint density at radius 2 is 1.60 bits per heavy atom. The molecule has 0 aliphatic rings. The number of aryl methyl sites for hydroxylation is 1. The van der Waals surface area contributed by atoms with Gasteiger partial charge in [0.25, 0.3) is 0 Å². The number of carbonyl (C=O) groups is 1. The molecule has 30 heavy (non-hydrogen) atoms. The van der Waals surface area contributed by atoms with Crippen molar-refractivity contribution in [3.63, 3.8) is 0 Å². The minimum Gasteiger partial charge on any atom is -0.488 e. The topological polar surface area (TPSA) is 66.8 Å². The van der Waals surface area contributed by atoms with Crippen LogP contribution in [0.3, 0.4) is 0 Å². The highest BCUT2D eigenvalue weighted by molar-refractivity contribution is 5.86. The van der Waals surface area contributed by atoms with Crippen LogP contribution in [-0.4, -0.2) is 16.2 Å². The lowest BCUT2D eigenvalue weighted by atomic mass is 10.0. The lowest BCUT2D eigenvalue weighted by molar-refractivity contribution is -0.131. The summed E-state index contributed by atoms with van der Waals surface area (Å²) in [5, 5.41) is 19.7. The number of para-hydroxylation sites is 1. The van der Waals surface area contributed by atoms with Gasteiger partial charge in [-0.2, -0.15) is 0 Å². The first-order valence-electron chi connectivity index (χ1n) is 9.67. The fourth-order valence-corrected chi connectivity index (χ4v) is 3.11. The van der Waals surface area contributed by atoms with E-state index in [2.05, 4.69) is 0 Å². The molecule has 4 heteroatoms. The second-order valence-corrected chi connectivity index (χ2v) is 6.87. The van der Waals surface area contributed by atoms with Gasteiger partial charge in [0, 0.05) is 11.6 Å². The molecular weight excluding hydrogens is 376 g/mol. The van der Waals surface area contributed by atoms with Crippen LogP contribution in [0.4, 0.5) is 0 Å². The molecule has 0 amide bonds. The van der Waals surface area contributed by atoms with E-state index in [0.717, 1.165) is 28.3 Å². The predicted octanol–water partition coefficient (Wildman–Crippen LogP) is 5.42. The van der Waals surface area contributed by atoms with Crippen molar-refractivity contribution in [1.29, 1.82) is 0 Å². The molecule has 1 atom stereocenters. The number of aliphatic hydroxyl groups excluding tert-OH is 1. The summed E-state index contributed by atoms with van der Waals surface area (Å²) in [6.07, 6.45) is 5.23. The number of carboxylic acid groups (broad SMARTS) is 1. The maximum Gasteiger partial charge on any atom is 0.328 e. The van der Waals surface area contributed by atoms with Gasteiger partial charge < -0.3 is 14.9 Å². The first-order chi connectivity index (χ1) is 14.5. The van der Waals surface area contributed by atoms with Crippen LogP contribution in [-0.2, 0) is 11.4 Å². The predicted molar refractivity (Wildman–Crippen MR) is 119 cm³/mol. The molecule has 2 N–H and O–H groups in total. The van der Waals surface area contributed by atoms with Crippen molar-refractivity contribution >= 4 is 18.1 Å². The van der Waals surface area contributed by atoms with Gasteiger partial charge in [0.15, 0.2) is 0 Å². The highest BCUT2D eigenvalue weighted by atomic mass is 16.5. The minimum absolute atomic E-state index is 0.415. The Labute approximate surface area is 176 Å². The normalized spacial score (nSPS) is 12.3. The van der Waals surface area contributed by atoms with Gasteiger partial charge in [0.2, 0.25) is 0 Å². The number of benzene rings is 3. The van der Waals surface area contributed by atoms with E-state index in [-0.39, 0.29) is 0 Å². The number of rotatable bonds is 8. The number of carboxylic acids is 1. The number of aliphatic hydroxyl groups is 1. The molecule has 0 saturated heterocycles. The van der Waals surface area contributed by atoms with E-state index >= 15 is 0 Å². The third-order valence-electron chi connectivity index (χ3n) is 4.65. The van der Waals surface area contributed by atoms with Gasteiger partial charge in [-0.1, -0.05) is 84.9 Å². The molecule has 1 unspecified atom stereocenters. The quantitative estimate of drug-likeness (QED) is 0.496. The molecule has 0 aliphatic heterocycles. The Morgan fingerprint density at radius 3 is 2.30 bits per heavy atom. The van der Waals surface area contributed by atoms with Gasteiger partial charge in [-0.15, -0.1) is 0 Å². The van der Waals surface area contributed by atoms with Crippen molar-refractivity contribution in [3.8, 4) is 5.75 Å². The van der Waals surface area contributed by atoms with Crippen molar-refractivity contribution in [2.75, 3.05) is 0 Å². The van der Waals surface area contributed by atoms with E-state index < -0.39 is 12.1 Å². The Kier molecular flexibility index (Phi) is 7.19. The summed E-state index contributed by atoms with van der Waals surface area (Å²) in [6.45, 7) is 2.37. The molecule has 0 saturated carbocycles. The van der Waals surface area contributed by atoms with Gasteiger partial charge in [-0.25, -0.2) is 4.79 Å². The molecule has 3 aromatic carbocycles. The standard InChI is InChI=1S/C26H24O4/c1-19-8-7-13-23(26(19)30-18-20-9-3-2-4-10-20)24(27)16-14-21-11-5-6-12-22(21)15-17-25(28)29/h2-17,24,27H,18H2,1H3,(H,28,29)/b16-14+,17-15+. The van der Waals surface area contributed by atoms with Crippen LogP contribution in [0.5, 0.6) is 5.75 Å². The SMILES string of the molecule is Cc1cccc(C(O)/C=C/c2ccccc2/C=C/C(=O)O)c1OCc1ccccc1. The average molecular weight is 400 g/mol. The van der Waals surface area contributed by atoms with Crippen molar-refractivity contribution in [2.45, 2.75) is 19.6 Å². The smallest absolute Gasteiger partial charge is 0.328 e. The number of ether oxygens (including phenoxy) is 1. The van der Waals surface area contributed by atoms with Gasteiger partial charge in [-0.3, -0.25) is 0 Å². The Balaban J connectivity index is 1.81. The summed E-state index contributed by atoms with van der Waals surface area (Å²) in [5.74, 6) is -0.341. The average Bonchev–Trinajstić information content (AvgIpc) is 2.76. The molecule has 152 valence electrons. The summed E-state index contributed by atoms with van der Waals surface area (Å²) >= 11 is 0. The molecule has 0 bridgehead atoms. The van der Waals surface area contributed by atoms with Crippen LogP contribution in [0.2, 0.25) is 0 Å². The van der Waals surface area contributed by atoms with Crippen molar-refractivity contribution in [2.24, 2.45) is 0 Å². The Hall–Kier alpha value is -3.63. The largest absolute Gasteiger partial charge is 0.488 e. The third-order valence-corrected chi connectivity index (χ3v) is 4.65. The van der Waals surface area contributed by atoms with Crippen molar-refractivity contribution in [3.05, 3.63) is 113 Å². The zero-order valence-corrected chi connectivity index (χ0v) is 16.7. The van der Waals surface area contributed by atoms with Crippen LogP contribution in [0, 0.1) is 6.92 Å². The molecule has 0 radical (unpaired) electrons. The number of aliphatic carboxylic acids is 1. The Bertz CT molecular complexity index is 1050. The zero-order valence-electron chi connectivity index (χ0n) is 16.7. The minimum atomic E-state index is -1.01. The van der Waals surface area contributed by atoms with E-state index in [4.69, 9.17) is 9.84 Å². The second kappa shape index (κ2) is 10.2. The molecule has 0 aromatic heterocycles. The first-order valence-corrected chi connectivity index (χ1v) is 9.67. The van der Waals surface area contributed by atoms with Gasteiger partial charge in [0.1, 0.15) is 18.5 Å². The molecule has 0 heterocycles. The van der Waals surface area contributed by atoms with E-state index in [1.807, 2.05) is 79.7 Å². The maximum atomic E-state index is 10.8. The third kappa shape index (κ3) is 5.69. The fourth-order valence-electron chi connectivity index (χ4n) is 3.11. The van der Waals surface area contributed by atoms with E-state index in [9.17, 15) is 9.90 Å². The molecular formula is C26H24O4. The van der Waals surface area contributed by atoms with E-state index in [0.29, 0.717) is 17.9 Å². The second-order valence-electron chi connectivity index (χ2n) is 6.87. The summed E-state index contributed by atoms with van der Waals surface area (Å²) in [4.78, 5) is 10.8. The first kappa shape index (κ1) is 21.1. The van der Waals surface area contributed by atoms with Crippen LogP contribution >= 0.6 is 0 Å². The van der Waals surface area contributed by atoms with E-state index in [1.54, 1.807) is 12.2 Å². The van der Waals surface area contributed by atoms with Crippen molar-refractivity contribution < 1.29 is 19.7 Å². The fraction of sp³-hybridized carbons (Fsp3) is 0.115. The van der Waals surface area contributed by atoms with Gasteiger partial charge in [-0.05, 0) is 35.3 Å². The highest BCUT2D eigenvalue weighted by Gasteiger charge is 2.13. The van der Waals surface area contributed by atoms with Crippen LogP contribution in [0.1, 0.15) is 33.9 Å². The zero-order chi connectivity index (χ0) is 21.3. The highest BCUT2D eigenvalue weighted by Crippen LogP contribution is 2.31. The molecule has 0 fully saturated rings. The van der Waals surface area contributed by atoms with Gasteiger partial charge in [0.05, 0.1) is 0 Å². The summed E-state index contributed by atoms with van der Waals surface area (Å²) in [6, 6.07) is 23.0. The summed E-state index contributed by atoms with van der Waals surface area (Å²) in [7, 11) is 0. The van der Waals surface area contributed by atoms with E-state index in [1.165, 1.54) is 6.08 Å². The molecule has 4 nitrogen and oxygen atoms in total. The van der Waals surface area contributed by atoms with Crippen LogP contribution in [0.15, 0.2) is 84.9 Å². The lowest BCUT2D eigenvalue weighted by Gasteiger charge is -2.16. The lowest BCUT2D eigenvalue weighted by Crippen LogP contribution is -2.03. The molecule has 3 aromatic rings. The Morgan fingerprint density at radius 1 is 0.933 bits per heavy atom. The van der Waals surface area contributed by atoms with Crippen LogP contribution < -0.4 is 4.74 Å².